The summed E-state index contributed by atoms with van der Waals surface area (Å²) < 4.78 is 5.12. The smallest absolute Gasteiger partial charge is 0.228 e. The standard InChI is InChI=1S/C19H23NO2/c1-4-14(2)17-7-5-6-8-18(17)20-19(21)13-15-9-11-16(22-3)12-10-15/h5-12,14H,4,13H2,1-3H3,(H,20,21)/t14-/m1/s1. The van der Waals surface area contributed by atoms with Gasteiger partial charge in [0.05, 0.1) is 13.5 Å². The summed E-state index contributed by atoms with van der Waals surface area (Å²) in [5.41, 5.74) is 3.07. The Bertz CT molecular complexity index is 620. The molecule has 1 N–H and O–H groups in total. The third-order valence-corrected chi connectivity index (χ3v) is 3.90. The highest BCUT2D eigenvalue weighted by Gasteiger charge is 2.11. The first-order chi connectivity index (χ1) is 10.6. The second-order valence-corrected chi connectivity index (χ2v) is 5.47. The predicted octanol–water partition coefficient (Wildman–Crippen LogP) is 4.39. The Morgan fingerprint density at radius 1 is 1.14 bits per heavy atom. The molecule has 0 bridgehead atoms. The summed E-state index contributed by atoms with van der Waals surface area (Å²) in [6.07, 6.45) is 1.41. The van der Waals surface area contributed by atoms with Crippen LogP contribution in [0, 0.1) is 0 Å². The van der Waals surface area contributed by atoms with Gasteiger partial charge >= 0.3 is 0 Å². The van der Waals surface area contributed by atoms with Crippen LogP contribution in [0.15, 0.2) is 48.5 Å². The average molecular weight is 297 g/mol. The number of carbonyl (C=O) groups excluding carboxylic acids is 1. The quantitative estimate of drug-likeness (QED) is 0.858. The molecule has 0 radical (unpaired) electrons. The molecule has 0 heterocycles. The second kappa shape index (κ2) is 7.64. The zero-order chi connectivity index (χ0) is 15.9. The molecule has 0 aliphatic carbocycles. The van der Waals surface area contributed by atoms with Crippen LogP contribution in [-0.4, -0.2) is 13.0 Å². The van der Waals surface area contributed by atoms with Crippen molar-refractivity contribution in [2.45, 2.75) is 32.6 Å². The van der Waals surface area contributed by atoms with Gasteiger partial charge in [0.2, 0.25) is 5.91 Å². The highest BCUT2D eigenvalue weighted by Crippen LogP contribution is 2.26. The first kappa shape index (κ1) is 16.1. The van der Waals surface area contributed by atoms with E-state index in [9.17, 15) is 4.79 Å². The minimum absolute atomic E-state index is 0.000852. The molecule has 3 heteroatoms. The Kier molecular flexibility index (Phi) is 5.59. The van der Waals surface area contributed by atoms with Gasteiger partial charge in [0.25, 0.3) is 0 Å². The minimum atomic E-state index is 0.000852. The van der Waals surface area contributed by atoms with Crippen LogP contribution in [0.5, 0.6) is 5.75 Å². The van der Waals surface area contributed by atoms with Gasteiger partial charge in [0.15, 0.2) is 0 Å². The summed E-state index contributed by atoms with van der Waals surface area (Å²) in [5.74, 6) is 1.23. The topological polar surface area (TPSA) is 38.3 Å². The molecule has 0 unspecified atom stereocenters. The molecule has 3 nitrogen and oxygen atoms in total. The molecule has 2 aromatic rings. The fourth-order valence-corrected chi connectivity index (χ4v) is 2.38. The lowest BCUT2D eigenvalue weighted by Gasteiger charge is -2.15. The van der Waals surface area contributed by atoms with Crippen LogP contribution in [-0.2, 0) is 11.2 Å². The van der Waals surface area contributed by atoms with Crippen molar-refractivity contribution in [3.8, 4) is 5.75 Å². The molecule has 0 saturated heterocycles. The van der Waals surface area contributed by atoms with E-state index >= 15 is 0 Å². The molecule has 1 amide bonds. The summed E-state index contributed by atoms with van der Waals surface area (Å²) in [5, 5.41) is 3.03. The van der Waals surface area contributed by atoms with Crippen molar-refractivity contribution in [3.63, 3.8) is 0 Å². The van der Waals surface area contributed by atoms with Crippen LogP contribution in [0.4, 0.5) is 5.69 Å². The normalized spacial score (nSPS) is 11.8. The number of rotatable bonds is 6. The Labute approximate surface area is 132 Å². The van der Waals surface area contributed by atoms with Gasteiger partial charge in [-0.25, -0.2) is 0 Å². The first-order valence-electron chi connectivity index (χ1n) is 7.65. The van der Waals surface area contributed by atoms with Gasteiger partial charge in [-0.05, 0) is 41.7 Å². The molecule has 0 aliphatic rings. The number of carbonyl (C=O) groups is 1. The highest BCUT2D eigenvalue weighted by atomic mass is 16.5. The molecule has 0 saturated carbocycles. The third kappa shape index (κ3) is 4.10. The van der Waals surface area contributed by atoms with Crippen molar-refractivity contribution in [1.29, 1.82) is 0 Å². The van der Waals surface area contributed by atoms with Crippen LogP contribution in [0.3, 0.4) is 0 Å². The van der Waals surface area contributed by atoms with Crippen LogP contribution in [0.25, 0.3) is 0 Å². The van der Waals surface area contributed by atoms with Crippen LogP contribution in [0.2, 0.25) is 0 Å². The number of hydrogen-bond donors (Lipinski definition) is 1. The van der Waals surface area contributed by atoms with E-state index < -0.39 is 0 Å². The lowest BCUT2D eigenvalue weighted by atomic mass is 9.97. The molecule has 1 atom stereocenters. The number of anilines is 1. The van der Waals surface area contributed by atoms with Crippen molar-refractivity contribution in [2.24, 2.45) is 0 Å². The monoisotopic (exact) mass is 297 g/mol. The van der Waals surface area contributed by atoms with E-state index in [0.717, 1.165) is 23.4 Å². The maximum Gasteiger partial charge on any atom is 0.228 e. The lowest BCUT2D eigenvalue weighted by Crippen LogP contribution is -2.16. The molecule has 116 valence electrons. The predicted molar refractivity (Wildman–Crippen MR) is 90.5 cm³/mol. The van der Waals surface area contributed by atoms with Crippen molar-refractivity contribution in [2.75, 3.05) is 12.4 Å². The number of hydrogen-bond acceptors (Lipinski definition) is 2. The van der Waals surface area contributed by atoms with Gasteiger partial charge in [0.1, 0.15) is 5.75 Å². The van der Waals surface area contributed by atoms with E-state index in [1.165, 1.54) is 5.56 Å². The van der Waals surface area contributed by atoms with Crippen molar-refractivity contribution < 1.29 is 9.53 Å². The number of nitrogens with one attached hydrogen (secondary N) is 1. The molecule has 0 spiro atoms. The van der Waals surface area contributed by atoms with Gasteiger partial charge < -0.3 is 10.1 Å². The van der Waals surface area contributed by atoms with Crippen molar-refractivity contribution in [1.82, 2.24) is 0 Å². The maximum absolute atomic E-state index is 12.3. The Balaban J connectivity index is 2.05. The molecule has 22 heavy (non-hydrogen) atoms. The minimum Gasteiger partial charge on any atom is -0.497 e. The first-order valence-corrected chi connectivity index (χ1v) is 7.65. The third-order valence-electron chi connectivity index (χ3n) is 3.90. The van der Waals surface area contributed by atoms with Gasteiger partial charge in [-0.3, -0.25) is 4.79 Å². The van der Waals surface area contributed by atoms with Crippen molar-refractivity contribution in [3.05, 3.63) is 59.7 Å². The molecule has 0 fully saturated rings. The van der Waals surface area contributed by atoms with Crippen molar-refractivity contribution >= 4 is 11.6 Å². The summed E-state index contributed by atoms with van der Waals surface area (Å²) in [6.45, 7) is 4.33. The molecule has 0 aliphatic heterocycles. The number of ether oxygens (including phenoxy) is 1. The van der Waals surface area contributed by atoms with Crippen LogP contribution in [0.1, 0.15) is 37.3 Å². The summed E-state index contributed by atoms with van der Waals surface area (Å²) >= 11 is 0. The SMILES string of the molecule is CC[C@@H](C)c1ccccc1NC(=O)Cc1ccc(OC)cc1. The fraction of sp³-hybridized carbons (Fsp3) is 0.316. The molecule has 2 rings (SSSR count). The number of amides is 1. The Morgan fingerprint density at radius 3 is 2.45 bits per heavy atom. The highest BCUT2D eigenvalue weighted by molar-refractivity contribution is 5.93. The molecular weight excluding hydrogens is 274 g/mol. The number of para-hydroxylation sites is 1. The van der Waals surface area contributed by atoms with E-state index in [-0.39, 0.29) is 5.91 Å². The average Bonchev–Trinajstić information content (AvgIpc) is 2.55. The largest absolute Gasteiger partial charge is 0.497 e. The zero-order valence-corrected chi connectivity index (χ0v) is 13.4. The van der Waals surface area contributed by atoms with E-state index in [4.69, 9.17) is 4.74 Å². The van der Waals surface area contributed by atoms with E-state index in [1.807, 2.05) is 42.5 Å². The summed E-state index contributed by atoms with van der Waals surface area (Å²) in [6, 6.07) is 15.6. The second-order valence-electron chi connectivity index (χ2n) is 5.47. The Hall–Kier alpha value is -2.29. The summed E-state index contributed by atoms with van der Waals surface area (Å²) in [7, 11) is 1.63. The van der Waals surface area contributed by atoms with E-state index in [1.54, 1.807) is 7.11 Å². The van der Waals surface area contributed by atoms with Crippen LogP contribution >= 0.6 is 0 Å². The molecule has 0 aromatic heterocycles. The fourth-order valence-electron chi connectivity index (χ4n) is 2.38. The molecule has 2 aromatic carbocycles. The van der Waals surface area contributed by atoms with Gasteiger partial charge in [0, 0.05) is 5.69 Å². The lowest BCUT2D eigenvalue weighted by molar-refractivity contribution is -0.115. The van der Waals surface area contributed by atoms with E-state index in [2.05, 4.69) is 25.2 Å². The number of methoxy groups -OCH3 is 1. The maximum atomic E-state index is 12.3. The van der Waals surface area contributed by atoms with Crippen LogP contribution < -0.4 is 10.1 Å². The molecular formula is C19H23NO2. The zero-order valence-electron chi connectivity index (χ0n) is 13.4. The summed E-state index contributed by atoms with van der Waals surface area (Å²) in [4.78, 5) is 12.3. The Morgan fingerprint density at radius 2 is 1.82 bits per heavy atom. The number of benzene rings is 2. The van der Waals surface area contributed by atoms with Gasteiger partial charge in [-0.1, -0.05) is 44.2 Å². The van der Waals surface area contributed by atoms with Gasteiger partial charge in [-0.15, -0.1) is 0 Å². The van der Waals surface area contributed by atoms with E-state index in [0.29, 0.717) is 12.3 Å². The van der Waals surface area contributed by atoms with Gasteiger partial charge in [-0.2, -0.15) is 0 Å².